The van der Waals surface area contributed by atoms with Crippen LogP contribution in [0.3, 0.4) is 0 Å². The van der Waals surface area contributed by atoms with Crippen LogP contribution >= 0.6 is 0 Å². The van der Waals surface area contributed by atoms with Crippen LogP contribution in [0.5, 0.6) is 0 Å². The van der Waals surface area contributed by atoms with Crippen LogP contribution in [0.1, 0.15) is 42.0 Å². The fourth-order valence-electron chi connectivity index (χ4n) is 3.90. The standard InChI is InChI=1S/C28H28N2O4S/c1-19(2)22-13-9-20(10-14-22)7-8-21-11-15-24(16-12-21)35(33,34)30-27(28(31)32)17-23-18-29-26-6-4-3-5-25(23)26/h3-16,18-19,27,29-30H,17H2,1-2H3,(H,31,32)/b8-7+/t27-/m1/s1. The van der Waals surface area contributed by atoms with Crippen molar-refractivity contribution >= 4 is 39.0 Å². The average molecular weight is 489 g/mol. The lowest BCUT2D eigenvalue weighted by Gasteiger charge is -2.15. The Kier molecular flexibility index (Phi) is 7.19. The fraction of sp³-hybridized carbons (Fsp3) is 0.179. The fourth-order valence-corrected chi connectivity index (χ4v) is 5.09. The van der Waals surface area contributed by atoms with Gasteiger partial charge in [-0.3, -0.25) is 4.79 Å². The SMILES string of the molecule is CC(C)c1ccc(/C=C/c2ccc(S(=O)(=O)N[C@H](Cc3c[nH]c4ccccc34)C(=O)O)cc2)cc1. The summed E-state index contributed by atoms with van der Waals surface area (Å²) < 4.78 is 28.2. The Morgan fingerprint density at radius 3 is 2.14 bits per heavy atom. The van der Waals surface area contributed by atoms with E-state index in [1.54, 1.807) is 18.3 Å². The average Bonchev–Trinajstić information content (AvgIpc) is 3.25. The van der Waals surface area contributed by atoms with E-state index in [1.165, 1.54) is 17.7 Å². The van der Waals surface area contributed by atoms with E-state index in [-0.39, 0.29) is 11.3 Å². The van der Waals surface area contributed by atoms with Crippen molar-refractivity contribution < 1.29 is 18.3 Å². The van der Waals surface area contributed by atoms with Gasteiger partial charge in [0.05, 0.1) is 4.90 Å². The molecule has 3 N–H and O–H groups in total. The van der Waals surface area contributed by atoms with E-state index >= 15 is 0 Å². The number of aliphatic carboxylic acids is 1. The van der Waals surface area contributed by atoms with Gasteiger partial charge in [0, 0.05) is 23.5 Å². The Hall–Kier alpha value is -3.68. The summed E-state index contributed by atoms with van der Waals surface area (Å²) in [6, 6.07) is 20.8. The van der Waals surface area contributed by atoms with Crippen molar-refractivity contribution in [1.29, 1.82) is 0 Å². The Balaban J connectivity index is 1.46. The molecule has 0 aliphatic rings. The Bertz CT molecular complexity index is 1450. The highest BCUT2D eigenvalue weighted by Gasteiger charge is 2.26. The maximum atomic E-state index is 12.9. The van der Waals surface area contributed by atoms with E-state index < -0.39 is 22.0 Å². The minimum Gasteiger partial charge on any atom is -0.480 e. The first-order valence-corrected chi connectivity index (χ1v) is 12.9. The first-order chi connectivity index (χ1) is 16.7. The second kappa shape index (κ2) is 10.3. The van der Waals surface area contributed by atoms with E-state index in [9.17, 15) is 18.3 Å². The zero-order valence-electron chi connectivity index (χ0n) is 19.6. The van der Waals surface area contributed by atoms with Crippen molar-refractivity contribution in [2.45, 2.75) is 37.1 Å². The topological polar surface area (TPSA) is 99.3 Å². The number of hydrogen-bond donors (Lipinski definition) is 3. The molecular formula is C28H28N2O4S. The summed E-state index contributed by atoms with van der Waals surface area (Å²) >= 11 is 0. The van der Waals surface area contributed by atoms with E-state index in [0.717, 1.165) is 27.6 Å². The molecule has 1 atom stereocenters. The third kappa shape index (κ3) is 5.88. The van der Waals surface area contributed by atoms with Crippen molar-refractivity contribution in [3.8, 4) is 0 Å². The molecule has 0 saturated carbocycles. The van der Waals surface area contributed by atoms with Gasteiger partial charge in [0.2, 0.25) is 10.0 Å². The van der Waals surface area contributed by atoms with Gasteiger partial charge < -0.3 is 10.1 Å². The minimum absolute atomic E-state index is 0.0149. The summed E-state index contributed by atoms with van der Waals surface area (Å²) in [7, 11) is -4.02. The number of carbonyl (C=O) groups is 1. The van der Waals surface area contributed by atoms with Crippen LogP contribution in [0.15, 0.2) is 83.9 Å². The van der Waals surface area contributed by atoms with Crippen molar-refractivity contribution in [3.05, 3.63) is 101 Å². The first kappa shape index (κ1) is 24.4. The number of rotatable bonds is 9. The number of hydrogen-bond acceptors (Lipinski definition) is 3. The second-order valence-electron chi connectivity index (χ2n) is 8.80. The molecule has 1 aromatic heterocycles. The van der Waals surface area contributed by atoms with Crippen LogP contribution in [-0.2, 0) is 21.2 Å². The highest BCUT2D eigenvalue weighted by atomic mass is 32.2. The number of sulfonamides is 1. The molecule has 0 aliphatic heterocycles. The first-order valence-electron chi connectivity index (χ1n) is 11.4. The van der Waals surface area contributed by atoms with Gasteiger partial charge in [-0.1, -0.05) is 80.6 Å². The Morgan fingerprint density at radius 1 is 0.943 bits per heavy atom. The minimum atomic E-state index is -4.02. The predicted molar refractivity (Wildman–Crippen MR) is 140 cm³/mol. The second-order valence-corrected chi connectivity index (χ2v) is 10.5. The molecule has 1 heterocycles. The highest BCUT2D eigenvalue weighted by molar-refractivity contribution is 7.89. The molecule has 0 saturated heterocycles. The molecule has 4 rings (SSSR count). The number of fused-ring (bicyclic) bond motifs is 1. The third-order valence-corrected chi connectivity index (χ3v) is 7.44. The summed E-state index contributed by atoms with van der Waals surface area (Å²) in [6.45, 7) is 4.30. The Morgan fingerprint density at radius 2 is 1.54 bits per heavy atom. The van der Waals surface area contributed by atoms with Gasteiger partial charge in [0.15, 0.2) is 0 Å². The number of carboxylic acids is 1. The monoisotopic (exact) mass is 488 g/mol. The molecular weight excluding hydrogens is 460 g/mol. The molecule has 0 fully saturated rings. The molecule has 0 radical (unpaired) electrons. The zero-order valence-corrected chi connectivity index (χ0v) is 20.4. The van der Waals surface area contributed by atoms with Crippen LogP contribution in [0.4, 0.5) is 0 Å². The molecule has 3 aromatic carbocycles. The molecule has 6 nitrogen and oxygen atoms in total. The number of H-pyrrole nitrogens is 1. The van der Waals surface area contributed by atoms with Crippen LogP contribution < -0.4 is 4.72 Å². The summed E-state index contributed by atoms with van der Waals surface area (Å²) in [5.74, 6) is -0.763. The lowest BCUT2D eigenvalue weighted by Crippen LogP contribution is -2.42. The maximum absolute atomic E-state index is 12.9. The van der Waals surface area contributed by atoms with Crippen molar-refractivity contribution in [3.63, 3.8) is 0 Å². The maximum Gasteiger partial charge on any atom is 0.322 e. The molecule has 180 valence electrons. The van der Waals surface area contributed by atoms with E-state index in [2.05, 4.69) is 35.7 Å². The van der Waals surface area contributed by atoms with Crippen LogP contribution in [-0.4, -0.2) is 30.5 Å². The molecule has 35 heavy (non-hydrogen) atoms. The molecule has 0 bridgehead atoms. The number of aromatic nitrogens is 1. The molecule has 0 spiro atoms. The van der Waals surface area contributed by atoms with Crippen LogP contribution in [0.2, 0.25) is 0 Å². The number of nitrogens with one attached hydrogen (secondary N) is 2. The smallest absolute Gasteiger partial charge is 0.322 e. The number of para-hydroxylation sites is 1. The number of aromatic amines is 1. The molecule has 7 heteroatoms. The molecule has 0 aliphatic carbocycles. The van der Waals surface area contributed by atoms with Crippen molar-refractivity contribution in [2.75, 3.05) is 0 Å². The lowest BCUT2D eigenvalue weighted by molar-refractivity contribution is -0.138. The van der Waals surface area contributed by atoms with Gasteiger partial charge in [-0.05, 0) is 46.4 Å². The van der Waals surface area contributed by atoms with E-state index in [0.29, 0.717) is 5.92 Å². The van der Waals surface area contributed by atoms with Crippen molar-refractivity contribution in [2.24, 2.45) is 0 Å². The summed E-state index contributed by atoms with van der Waals surface area (Å²) in [5.41, 5.74) is 4.76. The highest BCUT2D eigenvalue weighted by Crippen LogP contribution is 2.21. The molecule has 4 aromatic rings. The normalized spacial score (nSPS) is 13.0. The van der Waals surface area contributed by atoms with E-state index in [4.69, 9.17) is 0 Å². The summed E-state index contributed by atoms with van der Waals surface area (Å²) in [5, 5.41) is 10.5. The third-order valence-electron chi connectivity index (χ3n) is 5.96. The zero-order chi connectivity index (χ0) is 25.0. The van der Waals surface area contributed by atoms with Gasteiger partial charge in [-0.15, -0.1) is 0 Å². The predicted octanol–water partition coefficient (Wildman–Crippen LogP) is 5.44. The van der Waals surface area contributed by atoms with Gasteiger partial charge in [-0.25, -0.2) is 8.42 Å². The summed E-state index contributed by atoms with van der Waals surface area (Å²) in [4.78, 5) is 15.0. The molecule has 0 amide bonds. The van der Waals surface area contributed by atoms with Crippen LogP contribution in [0.25, 0.3) is 23.1 Å². The van der Waals surface area contributed by atoms with Crippen LogP contribution in [0, 0.1) is 0 Å². The number of carboxylic acid groups (broad SMARTS) is 1. The van der Waals surface area contributed by atoms with Gasteiger partial charge in [0.1, 0.15) is 6.04 Å². The van der Waals surface area contributed by atoms with Crippen molar-refractivity contribution in [1.82, 2.24) is 9.71 Å². The summed E-state index contributed by atoms with van der Waals surface area (Å²) in [6.07, 6.45) is 5.61. The quantitative estimate of drug-likeness (QED) is 0.273. The molecule has 0 unspecified atom stereocenters. The number of benzene rings is 3. The lowest BCUT2D eigenvalue weighted by atomic mass is 10.0. The van der Waals surface area contributed by atoms with Gasteiger partial charge >= 0.3 is 5.97 Å². The van der Waals surface area contributed by atoms with E-state index in [1.807, 2.05) is 48.6 Å². The largest absolute Gasteiger partial charge is 0.480 e. The van der Waals surface area contributed by atoms with Gasteiger partial charge in [0.25, 0.3) is 0 Å². The van der Waals surface area contributed by atoms with Gasteiger partial charge in [-0.2, -0.15) is 4.72 Å². The Labute approximate surface area is 205 Å².